The first-order valence-electron chi connectivity index (χ1n) is 6.80. The lowest BCUT2D eigenvalue weighted by molar-refractivity contribution is 0.509. The van der Waals surface area contributed by atoms with E-state index in [1.54, 1.807) is 18.2 Å². The number of rotatable bonds is 4. The monoisotopic (exact) mass is 301 g/mol. The van der Waals surface area contributed by atoms with Gasteiger partial charge in [-0.2, -0.15) is 0 Å². The minimum atomic E-state index is -3.31. The Morgan fingerprint density at radius 2 is 1.74 bits per heavy atom. The van der Waals surface area contributed by atoms with Crippen molar-refractivity contribution in [2.45, 2.75) is 50.3 Å². The Hall–Kier alpha value is -0.580. The molecule has 5 heteroatoms. The third-order valence-corrected chi connectivity index (χ3v) is 5.26. The molecular weight excluding hydrogens is 282 g/mol. The molecule has 19 heavy (non-hydrogen) atoms. The summed E-state index contributed by atoms with van der Waals surface area (Å²) >= 11 is 6.01. The molecule has 1 fully saturated rings. The molecule has 1 aromatic rings. The van der Waals surface area contributed by atoms with E-state index in [-0.39, 0.29) is 11.8 Å². The highest BCUT2D eigenvalue weighted by Gasteiger charge is 2.20. The third-order valence-electron chi connectivity index (χ3n) is 3.50. The predicted molar refractivity (Wildman–Crippen MR) is 78.7 cm³/mol. The second-order valence-corrected chi connectivity index (χ2v) is 7.32. The smallest absolute Gasteiger partial charge is 0.212 e. The number of hydrogen-bond donors (Lipinski definition) is 1. The van der Waals surface area contributed by atoms with Crippen molar-refractivity contribution in [3.63, 3.8) is 0 Å². The molecule has 0 spiro atoms. The molecule has 0 unspecified atom stereocenters. The van der Waals surface area contributed by atoms with Gasteiger partial charge in [0.05, 0.1) is 5.75 Å². The van der Waals surface area contributed by atoms with Gasteiger partial charge in [-0.3, -0.25) is 0 Å². The van der Waals surface area contributed by atoms with Crippen LogP contribution in [0, 0.1) is 0 Å². The molecule has 0 saturated heterocycles. The van der Waals surface area contributed by atoms with Crippen LogP contribution in [0.2, 0.25) is 5.02 Å². The maximum atomic E-state index is 12.2. The SMILES string of the molecule is O=S(=O)(Cc1ccccc1Cl)NC1CCCCCC1. The molecule has 1 N–H and O–H groups in total. The molecular formula is C14H20ClNO2S. The van der Waals surface area contributed by atoms with E-state index in [2.05, 4.69) is 4.72 Å². The number of hydrogen-bond acceptors (Lipinski definition) is 2. The van der Waals surface area contributed by atoms with Gasteiger partial charge in [0.2, 0.25) is 10.0 Å². The maximum absolute atomic E-state index is 12.2. The molecule has 1 aliphatic carbocycles. The number of benzene rings is 1. The zero-order chi connectivity index (χ0) is 13.7. The fourth-order valence-electron chi connectivity index (χ4n) is 2.51. The first-order valence-corrected chi connectivity index (χ1v) is 8.83. The lowest BCUT2D eigenvalue weighted by atomic mass is 10.1. The van der Waals surface area contributed by atoms with E-state index < -0.39 is 10.0 Å². The zero-order valence-electron chi connectivity index (χ0n) is 10.9. The molecule has 0 atom stereocenters. The van der Waals surface area contributed by atoms with Gasteiger partial charge in [-0.05, 0) is 24.5 Å². The zero-order valence-corrected chi connectivity index (χ0v) is 12.5. The molecule has 1 aromatic carbocycles. The summed E-state index contributed by atoms with van der Waals surface area (Å²) < 4.78 is 27.2. The quantitative estimate of drug-likeness (QED) is 0.865. The Bertz CT molecular complexity index is 508. The van der Waals surface area contributed by atoms with Crippen molar-refractivity contribution in [2.24, 2.45) is 0 Å². The summed E-state index contributed by atoms with van der Waals surface area (Å²) in [4.78, 5) is 0. The summed E-state index contributed by atoms with van der Waals surface area (Å²) in [5.41, 5.74) is 0.658. The summed E-state index contributed by atoms with van der Waals surface area (Å²) in [5.74, 6) is -0.0385. The van der Waals surface area contributed by atoms with Crippen molar-refractivity contribution in [2.75, 3.05) is 0 Å². The Balaban J connectivity index is 2.00. The van der Waals surface area contributed by atoms with Crippen LogP contribution < -0.4 is 4.72 Å². The van der Waals surface area contributed by atoms with Crippen molar-refractivity contribution >= 4 is 21.6 Å². The van der Waals surface area contributed by atoms with Gasteiger partial charge in [0.1, 0.15) is 0 Å². The van der Waals surface area contributed by atoms with Crippen molar-refractivity contribution in [1.29, 1.82) is 0 Å². The minimum Gasteiger partial charge on any atom is -0.212 e. The van der Waals surface area contributed by atoms with Gasteiger partial charge in [-0.15, -0.1) is 0 Å². The van der Waals surface area contributed by atoms with Gasteiger partial charge in [0, 0.05) is 11.1 Å². The molecule has 1 aliphatic rings. The predicted octanol–water partition coefficient (Wildman–Crippen LogP) is 3.48. The summed E-state index contributed by atoms with van der Waals surface area (Å²) in [6.45, 7) is 0. The fourth-order valence-corrected chi connectivity index (χ4v) is 4.28. The summed E-state index contributed by atoms with van der Waals surface area (Å²) in [6.07, 6.45) is 6.54. The van der Waals surface area contributed by atoms with Crippen LogP contribution in [0.3, 0.4) is 0 Å². The van der Waals surface area contributed by atoms with Gasteiger partial charge in [-0.1, -0.05) is 55.5 Å². The van der Waals surface area contributed by atoms with E-state index in [4.69, 9.17) is 11.6 Å². The largest absolute Gasteiger partial charge is 0.216 e. The molecule has 0 aliphatic heterocycles. The second-order valence-electron chi connectivity index (χ2n) is 5.16. The van der Waals surface area contributed by atoms with Gasteiger partial charge in [0.25, 0.3) is 0 Å². The molecule has 0 radical (unpaired) electrons. The van der Waals surface area contributed by atoms with E-state index in [0.29, 0.717) is 10.6 Å². The van der Waals surface area contributed by atoms with E-state index in [1.165, 1.54) is 12.8 Å². The number of sulfonamides is 1. The summed E-state index contributed by atoms with van der Waals surface area (Å²) in [6, 6.07) is 7.18. The normalized spacial score (nSPS) is 18.2. The van der Waals surface area contributed by atoms with Crippen LogP contribution in [0.15, 0.2) is 24.3 Å². The van der Waals surface area contributed by atoms with Crippen LogP contribution in [0.25, 0.3) is 0 Å². The van der Waals surface area contributed by atoms with Crippen LogP contribution in [0.1, 0.15) is 44.1 Å². The lowest BCUT2D eigenvalue weighted by Crippen LogP contribution is -2.35. The van der Waals surface area contributed by atoms with Crippen molar-refractivity contribution in [1.82, 2.24) is 4.72 Å². The van der Waals surface area contributed by atoms with Crippen LogP contribution in [-0.2, 0) is 15.8 Å². The third kappa shape index (κ3) is 4.79. The Labute approximate surface area is 120 Å². The van der Waals surface area contributed by atoms with Gasteiger partial charge in [0.15, 0.2) is 0 Å². The number of nitrogens with one attached hydrogen (secondary N) is 1. The van der Waals surface area contributed by atoms with Crippen molar-refractivity contribution < 1.29 is 8.42 Å². The Morgan fingerprint density at radius 1 is 1.11 bits per heavy atom. The van der Waals surface area contributed by atoms with Gasteiger partial charge in [-0.25, -0.2) is 13.1 Å². The fraction of sp³-hybridized carbons (Fsp3) is 0.571. The highest BCUT2D eigenvalue weighted by Crippen LogP contribution is 2.20. The molecule has 1 saturated carbocycles. The molecule has 0 aromatic heterocycles. The van der Waals surface area contributed by atoms with E-state index >= 15 is 0 Å². The Kier molecular flexibility index (Phi) is 5.25. The maximum Gasteiger partial charge on any atom is 0.216 e. The van der Waals surface area contributed by atoms with Crippen LogP contribution in [0.5, 0.6) is 0 Å². The lowest BCUT2D eigenvalue weighted by Gasteiger charge is -2.16. The average molecular weight is 302 g/mol. The highest BCUT2D eigenvalue weighted by molar-refractivity contribution is 7.88. The van der Waals surface area contributed by atoms with Crippen LogP contribution >= 0.6 is 11.6 Å². The minimum absolute atomic E-state index is 0.0385. The average Bonchev–Trinajstić information content (AvgIpc) is 2.60. The first-order chi connectivity index (χ1) is 9.07. The molecule has 3 nitrogen and oxygen atoms in total. The summed E-state index contributed by atoms with van der Waals surface area (Å²) in [5, 5.41) is 0.508. The summed E-state index contributed by atoms with van der Waals surface area (Å²) in [7, 11) is -3.31. The van der Waals surface area contributed by atoms with Crippen LogP contribution in [-0.4, -0.2) is 14.5 Å². The van der Waals surface area contributed by atoms with E-state index in [0.717, 1.165) is 25.7 Å². The van der Waals surface area contributed by atoms with Gasteiger partial charge < -0.3 is 0 Å². The molecule has 0 amide bonds. The molecule has 0 heterocycles. The standard InChI is InChI=1S/C14H20ClNO2S/c15-14-10-6-5-7-12(14)11-19(17,18)16-13-8-3-1-2-4-9-13/h5-7,10,13,16H,1-4,8-9,11H2. The van der Waals surface area contributed by atoms with E-state index in [1.807, 2.05) is 6.07 Å². The van der Waals surface area contributed by atoms with Gasteiger partial charge >= 0.3 is 0 Å². The van der Waals surface area contributed by atoms with Crippen molar-refractivity contribution in [3.05, 3.63) is 34.9 Å². The highest BCUT2D eigenvalue weighted by atomic mass is 35.5. The second kappa shape index (κ2) is 6.73. The van der Waals surface area contributed by atoms with Crippen LogP contribution in [0.4, 0.5) is 0 Å². The first kappa shape index (κ1) is 14.8. The number of halogens is 1. The molecule has 2 rings (SSSR count). The Morgan fingerprint density at radius 3 is 2.37 bits per heavy atom. The van der Waals surface area contributed by atoms with E-state index in [9.17, 15) is 8.42 Å². The molecule has 0 bridgehead atoms. The topological polar surface area (TPSA) is 46.2 Å². The van der Waals surface area contributed by atoms with Crippen molar-refractivity contribution in [3.8, 4) is 0 Å². The molecule has 106 valence electrons.